The Morgan fingerprint density at radius 1 is 1.31 bits per heavy atom. The predicted octanol–water partition coefficient (Wildman–Crippen LogP) is 3.82. The van der Waals surface area contributed by atoms with Gasteiger partial charge in [0.05, 0.1) is 25.1 Å². The average molecular weight is 464 g/mol. The Balaban J connectivity index is 1.74. The maximum atomic E-state index is 12.7. The van der Waals surface area contributed by atoms with Crippen molar-refractivity contribution in [2.45, 2.75) is 58.7 Å². The minimum absolute atomic E-state index is 0.0777. The number of rotatable bonds is 4. The Bertz CT molecular complexity index is 891. The van der Waals surface area contributed by atoms with Gasteiger partial charge in [0, 0.05) is 31.0 Å². The van der Waals surface area contributed by atoms with E-state index in [1.807, 2.05) is 39.8 Å². The van der Waals surface area contributed by atoms with Gasteiger partial charge >= 0.3 is 12.1 Å². The number of urea groups is 1. The normalized spacial score (nSPS) is 25.7. The van der Waals surface area contributed by atoms with Crippen LogP contribution in [0.3, 0.4) is 0 Å². The third-order valence-electron chi connectivity index (χ3n) is 5.51. The highest BCUT2D eigenvalue weighted by Gasteiger charge is 2.40. The highest BCUT2D eigenvalue weighted by molar-refractivity contribution is 7.10. The van der Waals surface area contributed by atoms with Crippen LogP contribution < -0.4 is 10.6 Å². The fraction of sp³-hybridized carbons (Fsp3) is 0.636. The van der Waals surface area contributed by atoms with Gasteiger partial charge in [0.25, 0.3) is 0 Å². The first-order valence-electron chi connectivity index (χ1n) is 10.8. The molecular weight excluding hydrogens is 430 g/mol. The highest BCUT2D eigenvalue weighted by atomic mass is 32.1. The second-order valence-electron chi connectivity index (χ2n) is 9.32. The maximum absolute atomic E-state index is 12.7. The molecule has 2 aliphatic heterocycles. The largest absolute Gasteiger partial charge is 0.495 e. The van der Waals surface area contributed by atoms with Crippen LogP contribution in [0.15, 0.2) is 22.9 Å². The molecule has 32 heavy (non-hydrogen) atoms. The molecule has 0 spiro atoms. The molecule has 1 fully saturated rings. The van der Waals surface area contributed by atoms with E-state index in [1.165, 1.54) is 11.5 Å². The van der Waals surface area contributed by atoms with Gasteiger partial charge in [-0.1, -0.05) is 6.92 Å². The van der Waals surface area contributed by atoms with Gasteiger partial charge in [0.15, 0.2) is 0 Å². The molecule has 1 aromatic rings. The summed E-state index contributed by atoms with van der Waals surface area (Å²) in [5.41, 5.74) is 0.292. The van der Waals surface area contributed by atoms with E-state index in [1.54, 1.807) is 18.2 Å². The van der Waals surface area contributed by atoms with E-state index < -0.39 is 5.60 Å². The van der Waals surface area contributed by atoms with Gasteiger partial charge in [-0.3, -0.25) is 10.3 Å². The van der Waals surface area contributed by atoms with Crippen molar-refractivity contribution >= 4 is 34.9 Å². The molecule has 0 bridgehead atoms. The van der Waals surface area contributed by atoms with E-state index in [0.717, 1.165) is 11.5 Å². The van der Waals surface area contributed by atoms with Gasteiger partial charge < -0.3 is 19.7 Å². The summed E-state index contributed by atoms with van der Waals surface area (Å²) >= 11 is 1.24. The number of aryl methyl sites for hydroxylation is 1. The molecule has 2 unspecified atom stereocenters. The van der Waals surface area contributed by atoms with Crippen LogP contribution in [-0.4, -0.2) is 65.5 Å². The summed E-state index contributed by atoms with van der Waals surface area (Å²) in [5, 5.41) is 6.65. The van der Waals surface area contributed by atoms with Gasteiger partial charge in [-0.2, -0.15) is 4.37 Å². The second kappa shape index (κ2) is 9.89. The molecule has 2 aliphatic rings. The summed E-state index contributed by atoms with van der Waals surface area (Å²) < 4.78 is 15.1. The minimum Gasteiger partial charge on any atom is -0.495 e. The zero-order chi connectivity index (χ0) is 23.5. The van der Waals surface area contributed by atoms with Crippen molar-refractivity contribution in [3.05, 3.63) is 23.6 Å². The zero-order valence-corrected chi connectivity index (χ0v) is 20.4. The van der Waals surface area contributed by atoms with Crippen molar-refractivity contribution in [1.29, 1.82) is 0 Å². The number of methoxy groups -OCH3 is 1. The first-order chi connectivity index (χ1) is 15.1. The van der Waals surface area contributed by atoms with E-state index in [2.05, 4.69) is 21.9 Å². The number of ether oxygens (including phenoxy) is 2. The lowest BCUT2D eigenvalue weighted by Crippen LogP contribution is -2.57. The first kappa shape index (κ1) is 24.0. The number of aromatic nitrogens is 1. The molecule has 0 aromatic carbocycles. The molecule has 176 valence electrons. The van der Waals surface area contributed by atoms with E-state index in [4.69, 9.17) is 14.5 Å². The Morgan fingerprint density at radius 3 is 2.66 bits per heavy atom. The van der Waals surface area contributed by atoms with Crippen molar-refractivity contribution in [2.75, 3.05) is 25.5 Å². The van der Waals surface area contributed by atoms with Crippen LogP contribution in [0.5, 0.6) is 0 Å². The number of dihydropyridines is 1. The van der Waals surface area contributed by atoms with Gasteiger partial charge in [0.1, 0.15) is 16.4 Å². The Kier molecular flexibility index (Phi) is 7.43. The highest BCUT2D eigenvalue weighted by Crippen LogP contribution is 2.31. The topological polar surface area (TPSA) is 105 Å². The molecule has 0 radical (unpaired) electrons. The number of anilines is 1. The van der Waals surface area contributed by atoms with E-state index in [9.17, 15) is 9.59 Å². The van der Waals surface area contributed by atoms with Crippen LogP contribution >= 0.6 is 11.5 Å². The Hall–Kier alpha value is -2.62. The number of allylic oxidation sites excluding steroid dienone is 1. The van der Waals surface area contributed by atoms with Gasteiger partial charge in [-0.15, -0.1) is 0 Å². The van der Waals surface area contributed by atoms with Crippen LogP contribution in [-0.2, 0) is 9.47 Å². The fourth-order valence-corrected chi connectivity index (χ4v) is 4.71. The van der Waals surface area contributed by atoms with Crippen LogP contribution in [0.2, 0.25) is 0 Å². The maximum Gasteiger partial charge on any atom is 0.410 e. The summed E-state index contributed by atoms with van der Waals surface area (Å²) in [5.74, 6) is 0.734. The summed E-state index contributed by atoms with van der Waals surface area (Å²) in [6.07, 6.45) is 4.01. The first-order valence-corrected chi connectivity index (χ1v) is 11.6. The number of likely N-dealkylation sites (tertiary alicyclic amines) is 1. The molecule has 9 nitrogen and oxygen atoms in total. The van der Waals surface area contributed by atoms with Crippen molar-refractivity contribution in [1.82, 2.24) is 14.6 Å². The number of carbonyl (C=O) groups is 2. The van der Waals surface area contributed by atoms with Gasteiger partial charge in [-0.25, -0.2) is 9.59 Å². The molecule has 3 rings (SSSR count). The molecule has 1 aromatic heterocycles. The average Bonchev–Trinajstić information content (AvgIpc) is 3.11. The molecule has 10 heteroatoms. The predicted molar refractivity (Wildman–Crippen MR) is 125 cm³/mol. The number of piperidine rings is 1. The van der Waals surface area contributed by atoms with Crippen LogP contribution in [0.25, 0.3) is 0 Å². The summed E-state index contributed by atoms with van der Waals surface area (Å²) in [6, 6.07) is 1.30. The van der Waals surface area contributed by atoms with Gasteiger partial charge in [-0.05, 0) is 57.8 Å². The number of hydrogen-bond donors (Lipinski definition) is 2. The molecule has 3 heterocycles. The van der Waals surface area contributed by atoms with Gasteiger partial charge in [0.2, 0.25) is 0 Å². The van der Waals surface area contributed by atoms with E-state index in [-0.39, 0.29) is 36.0 Å². The minimum atomic E-state index is -0.569. The lowest BCUT2D eigenvalue weighted by molar-refractivity contribution is 0.0111. The monoisotopic (exact) mass is 463 g/mol. The standard InChI is InChI=1S/C22H33N5O4S/c1-13-9-15(30-6)11-23-19(13)16-12-27(21(29)31-22(3,4)5)8-7-17(16)24-20(28)25-18-10-14(2)26-32-18/h9-11,13,16-17,19H,7-8,12H2,1-6H3,(H2,24,25,28)/t13?,16-,17-,19?/m1/s1. The molecule has 2 N–H and O–H groups in total. The van der Waals surface area contributed by atoms with Crippen molar-refractivity contribution in [2.24, 2.45) is 16.8 Å². The lowest BCUT2D eigenvalue weighted by Gasteiger charge is -2.43. The quantitative estimate of drug-likeness (QED) is 0.706. The SMILES string of the molecule is COC1=CC(C)C([C@@H]2CN(C(=O)OC(C)(C)C)CC[C@H]2NC(=O)Nc2cc(C)ns2)N=C1. The van der Waals surface area contributed by atoms with Crippen LogP contribution in [0.4, 0.5) is 14.6 Å². The van der Waals surface area contributed by atoms with Crippen LogP contribution in [0.1, 0.15) is 39.8 Å². The number of amides is 3. The summed E-state index contributed by atoms with van der Waals surface area (Å²) in [4.78, 5) is 31.8. The smallest absolute Gasteiger partial charge is 0.410 e. The Morgan fingerprint density at radius 2 is 2.06 bits per heavy atom. The molecule has 3 amide bonds. The van der Waals surface area contributed by atoms with E-state index in [0.29, 0.717) is 24.5 Å². The molecule has 0 aliphatic carbocycles. The molecule has 0 saturated carbocycles. The third kappa shape index (κ3) is 6.21. The summed E-state index contributed by atoms with van der Waals surface area (Å²) in [7, 11) is 1.62. The van der Waals surface area contributed by atoms with Crippen molar-refractivity contribution < 1.29 is 19.1 Å². The fourth-order valence-electron chi connectivity index (χ4n) is 4.06. The van der Waals surface area contributed by atoms with Crippen LogP contribution in [0, 0.1) is 18.8 Å². The zero-order valence-electron chi connectivity index (χ0n) is 19.5. The summed E-state index contributed by atoms with van der Waals surface area (Å²) in [6.45, 7) is 10.5. The second-order valence-corrected chi connectivity index (χ2v) is 10.1. The molecular formula is C22H33N5O4S. The molecule has 1 saturated heterocycles. The Labute approximate surface area is 193 Å². The number of nitrogens with zero attached hydrogens (tertiary/aromatic N) is 3. The number of aliphatic imine (C=N–C) groups is 1. The van der Waals surface area contributed by atoms with Crippen molar-refractivity contribution in [3.8, 4) is 0 Å². The number of nitrogens with one attached hydrogen (secondary N) is 2. The number of hydrogen-bond acceptors (Lipinski definition) is 7. The van der Waals surface area contributed by atoms with E-state index >= 15 is 0 Å². The molecule has 4 atom stereocenters. The lowest BCUT2D eigenvalue weighted by atomic mass is 9.79. The third-order valence-corrected chi connectivity index (χ3v) is 6.30. The number of carbonyl (C=O) groups excluding carboxylic acids is 2. The van der Waals surface area contributed by atoms with Crippen molar-refractivity contribution in [3.63, 3.8) is 0 Å².